The highest BCUT2D eigenvalue weighted by molar-refractivity contribution is 6.30. The maximum Gasteiger partial charge on any atom is 0.320 e. The third kappa shape index (κ3) is 5.93. The minimum Gasteiger partial charge on any atom is -0.497 e. The number of nitrogens with one attached hydrogen (secondary N) is 2. The number of hydrogen-bond donors (Lipinski definition) is 3. The molecule has 35 heavy (non-hydrogen) atoms. The van der Waals surface area contributed by atoms with Gasteiger partial charge in [0.15, 0.2) is 0 Å². The lowest BCUT2D eigenvalue weighted by molar-refractivity contribution is -0.138. The third-order valence-electron chi connectivity index (χ3n) is 6.29. The number of methoxy groups -OCH3 is 1. The van der Waals surface area contributed by atoms with E-state index in [0.717, 1.165) is 11.3 Å². The predicted molar refractivity (Wildman–Crippen MR) is 135 cm³/mol. The SMILES string of the molecule is COc1ccc(C2(O)CCN(C(=O)C(NC(=O)Nc3ccc(Cl)cc3)c3ccccc3)CC2)cc1. The Balaban J connectivity index is 1.45. The molecule has 8 heteroatoms. The highest BCUT2D eigenvalue weighted by Gasteiger charge is 2.37. The number of likely N-dealkylation sites (tertiary alicyclic amines) is 1. The van der Waals surface area contributed by atoms with Crippen molar-refractivity contribution in [1.29, 1.82) is 0 Å². The van der Waals surface area contributed by atoms with Crippen LogP contribution in [0.3, 0.4) is 0 Å². The van der Waals surface area contributed by atoms with E-state index in [0.29, 0.717) is 42.2 Å². The van der Waals surface area contributed by atoms with Crippen molar-refractivity contribution in [3.8, 4) is 5.75 Å². The van der Waals surface area contributed by atoms with E-state index in [4.69, 9.17) is 16.3 Å². The van der Waals surface area contributed by atoms with Gasteiger partial charge in [0.1, 0.15) is 11.8 Å². The second-order valence-electron chi connectivity index (χ2n) is 8.53. The van der Waals surface area contributed by atoms with E-state index in [1.807, 2.05) is 54.6 Å². The van der Waals surface area contributed by atoms with Crippen LogP contribution < -0.4 is 15.4 Å². The van der Waals surface area contributed by atoms with Crippen molar-refractivity contribution in [1.82, 2.24) is 10.2 Å². The lowest BCUT2D eigenvalue weighted by Crippen LogP contribution is -2.50. The molecule has 1 aliphatic heterocycles. The number of rotatable bonds is 6. The summed E-state index contributed by atoms with van der Waals surface area (Å²) in [6.45, 7) is 0.732. The molecular formula is C27H28ClN3O4. The second-order valence-corrected chi connectivity index (χ2v) is 8.97. The first kappa shape index (κ1) is 24.6. The summed E-state index contributed by atoms with van der Waals surface area (Å²) in [5.74, 6) is 0.498. The number of aliphatic hydroxyl groups is 1. The molecule has 1 saturated heterocycles. The summed E-state index contributed by atoms with van der Waals surface area (Å²) in [7, 11) is 1.60. The van der Waals surface area contributed by atoms with Gasteiger partial charge in [-0.25, -0.2) is 4.79 Å². The van der Waals surface area contributed by atoms with E-state index >= 15 is 0 Å². The Morgan fingerprint density at radius 3 is 2.20 bits per heavy atom. The molecule has 0 aliphatic carbocycles. The Hall–Kier alpha value is -3.55. The molecule has 1 heterocycles. The van der Waals surface area contributed by atoms with Crippen molar-refractivity contribution in [2.75, 3.05) is 25.5 Å². The van der Waals surface area contributed by atoms with Crippen LogP contribution in [0.2, 0.25) is 5.02 Å². The van der Waals surface area contributed by atoms with Crippen LogP contribution in [0.25, 0.3) is 0 Å². The maximum absolute atomic E-state index is 13.5. The van der Waals surface area contributed by atoms with Gasteiger partial charge in [-0.15, -0.1) is 0 Å². The minimum atomic E-state index is -1.02. The Bertz CT molecular complexity index is 1150. The molecule has 1 unspecified atom stereocenters. The molecule has 1 atom stereocenters. The number of carbonyl (C=O) groups excluding carboxylic acids is 2. The van der Waals surface area contributed by atoms with Crippen LogP contribution in [0.4, 0.5) is 10.5 Å². The van der Waals surface area contributed by atoms with E-state index in [1.54, 1.807) is 36.3 Å². The van der Waals surface area contributed by atoms with E-state index in [-0.39, 0.29) is 5.91 Å². The molecule has 0 bridgehead atoms. The number of nitrogens with zero attached hydrogens (tertiary/aromatic N) is 1. The smallest absolute Gasteiger partial charge is 0.320 e. The number of anilines is 1. The molecule has 0 saturated carbocycles. The average Bonchev–Trinajstić information content (AvgIpc) is 2.89. The zero-order chi connectivity index (χ0) is 24.8. The van der Waals surface area contributed by atoms with Gasteiger partial charge >= 0.3 is 6.03 Å². The normalized spacial score (nSPS) is 15.7. The van der Waals surface area contributed by atoms with Gasteiger partial charge in [-0.2, -0.15) is 0 Å². The van der Waals surface area contributed by atoms with Crippen LogP contribution in [0.1, 0.15) is 30.0 Å². The van der Waals surface area contributed by atoms with Crippen LogP contribution in [0.15, 0.2) is 78.9 Å². The molecule has 3 aromatic carbocycles. The molecule has 0 radical (unpaired) electrons. The Morgan fingerprint density at radius 2 is 1.60 bits per heavy atom. The molecule has 1 fully saturated rings. The van der Waals surface area contributed by atoms with Crippen molar-refractivity contribution in [2.45, 2.75) is 24.5 Å². The number of halogens is 1. The summed E-state index contributed by atoms with van der Waals surface area (Å²) in [4.78, 5) is 28.0. The number of carbonyl (C=O) groups is 2. The molecule has 4 rings (SSSR count). The molecule has 3 aromatic rings. The van der Waals surface area contributed by atoms with E-state index < -0.39 is 17.7 Å². The molecule has 1 aliphatic rings. The zero-order valence-corrected chi connectivity index (χ0v) is 20.2. The van der Waals surface area contributed by atoms with Gasteiger partial charge < -0.3 is 25.4 Å². The van der Waals surface area contributed by atoms with Crippen LogP contribution in [-0.4, -0.2) is 42.1 Å². The number of piperidine rings is 1. The van der Waals surface area contributed by atoms with Crippen molar-refractivity contribution in [3.05, 3.63) is 95.0 Å². The minimum absolute atomic E-state index is 0.223. The fourth-order valence-corrected chi connectivity index (χ4v) is 4.36. The highest BCUT2D eigenvalue weighted by atomic mass is 35.5. The zero-order valence-electron chi connectivity index (χ0n) is 19.4. The molecule has 0 spiro atoms. The third-order valence-corrected chi connectivity index (χ3v) is 6.54. The van der Waals surface area contributed by atoms with Crippen molar-refractivity contribution < 1.29 is 19.4 Å². The first-order valence-electron chi connectivity index (χ1n) is 11.4. The van der Waals surface area contributed by atoms with Gasteiger partial charge in [0.2, 0.25) is 5.91 Å². The van der Waals surface area contributed by atoms with E-state index in [9.17, 15) is 14.7 Å². The average molecular weight is 494 g/mol. The summed E-state index contributed by atoms with van der Waals surface area (Å²) in [5, 5.41) is 17.3. The molecule has 3 amide bonds. The Morgan fingerprint density at radius 1 is 0.971 bits per heavy atom. The number of ether oxygens (including phenoxy) is 1. The Kier molecular flexibility index (Phi) is 7.58. The van der Waals surface area contributed by atoms with Crippen molar-refractivity contribution in [2.24, 2.45) is 0 Å². The molecule has 7 nitrogen and oxygen atoms in total. The van der Waals surface area contributed by atoms with Crippen molar-refractivity contribution in [3.63, 3.8) is 0 Å². The molecular weight excluding hydrogens is 466 g/mol. The molecule has 3 N–H and O–H groups in total. The lowest BCUT2D eigenvalue weighted by atomic mass is 9.84. The van der Waals surface area contributed by atoms with Gasteiger partial charge in [0.25, 0.3) is 0 Å². The number of amides is 3. The summed E-state index contributed by atoms with van der Waals surface area (Å²) < 4.78 is 5.20. The topological polar surface area (TPSA) is 90.9 Å². The molecule has 0 aromatic heterocycles. The van der Waals surface area contributed by atoms with Crippen LogP contribution >= 0.6 is 11.6 Å². The standard InChI is InChI=1S/C27H28ClN3O4/c1-35-23-13-7-20(8-14-23)27(34)15-17-31(18-16-27)25(32)24(19-5-3-2-4-6-19)30-26(33)29-22-11-9-21(28)10-12-22/h2-14,24,34H,15-18H2,1H3,(H2,29,30,33). The fraction of sp³-hybridized carbons (Fsp3) is 0.259. The number of urea groups is 1. The highest BCUT2D eigenvalue weighted by Crippen LogP contribution is 2.34. The number of benzene rings is 3. The van der Waals surface area contributed by atoms with Crippen LogP contribution in [0, 0.1) is 0 Å². The van der Waals surface area contributed by atoms with E-state index in [1.165, 1.54) is 0 Å². The Labute approximate surface area is 209 Å². The quantitative estimate of drug-likeness (QED) is 0.463. The van der Waals surface area contributed by atoms with Gasteiger partial charge in [0.05, 0.1) is 12.7 Å². The fourth-order valence-electron chi connectivity index (χ4n) is 4.23. The second kappa shape index (κ2) is 10.8. The summed E-state index contributed by atoms with van der Waals surface area (Å²) in [6, 6.07) is 21.8. The van der Waals surface area contributed by atoms with Gasteiger partial charge in [0, 0.05) is 23.8 Å². The first-order chi connectivity index (χ1) is 16.9. The maximum atomic E-state index is 13.5. The van der Waals surface area contributed by atoms with Gasteiger partial charge in [-0.05, 0) is 60.4 Å². The monoisotopic (exact) mass is 493 g/mol. The predicted octanol–water partition coefficient (Wildman–Crippen LogP) is 4.72. The summed E-state index contributed by atoms with van der Waals surface area (Å²) >= 11 is 5.91. The molecule has 182 valence electrons. The largest absolute Gasteiger partial charge is 0.497 e. The number of hydrogen-bond acceptors (Lipinski definition) is 4. The summed E-state index contributed by atoms with van der Waals surface area (Å²) in [5.41, 5.74) is 1.02. The summed E-state index contributed by atoms with van der Waals surface area (Å²) in [6.07, 6.45) is 0.785. The van der Waals surface area contributed by atoms with Crippen molar-refractivity contribution >= 4 is 29.2 Å². The lowest BCUT2D eigenvalue weighted by Gasteiger charge is -2.39. The van der Waals surface area contributed by atoms with Crippen LogP contribution in [0.5, 0.6) is 5.75 Å². The van der Waals surface area contributed by atoms with Gasteiger partial charge in [-0.3, -0.25) is 4.79 Å². The van der Waals surface area contributed by atoms with Crippen LogP contribution in [-0.2, 0) is 10.4 Å². The van der Waals surface area contributed by atoms with E-state index in [2.05, 4.69) is 10.6 Å². The van der Waals surface area contributed by atoms with Gasteiger partial charge in [-0.1, -0.05) is 54.1 Å². The first-order valence-corrected chi connectivity index (χ1v) is 11.8.